The van der Waals surface area contributed by atoms with E-state index in [1.807, 2.05) is 41.2 Å². The molecule has 9 heteroatoms. The summed E-state index contributed by atoms with van der Waals surface area (Å²) in [5, 5.41) is 19.1. The van der Waals surface area contributed by atoms with Crippen molar-refractivity contribution in [3.63, 3.8) is 0 Å². The molecule has 0 saturated carbocycles. The Hall–Kier alpha value is -2.68. The highest BCUT2D eigenvalue weighted by Crippen LogP contribution is 2.16. The highest BCUT2D eigenvalue weighted by atomic mass is 32.2. The van der Waals surface area contributed by atoms with Crippen LogP contribution in [0.2, 0.25) is 0 Å². The number of carbonyl (C=O) groups is 1. The van der Waals surface area contributed by atoms with Crippen molar-refractivity contribution in [2.45, 2.75) is 25.2 Å². The van der Waals surface area contributed by atoms with E-state index in [0.29, 0.717) is 18.1 Å². The molecule has 2 aromatic heterocycles. The zero-order chi connectivity index (χ0) is 16.9. The van der Waals surface area contributed by atoms with Crippen molar-refractivity contribution in [1.82, 2.24) is 30.4 Å². The van der Waals surface area contributed by atoms with Crippen LogP contribution in [-0.2, 0) is 13.1 Å². The summed E-state index contributed by atoms with van der Waals surface area (Å²) in [5.74, 6) is 0.319. The number of hydrogen-bond acceptors (Lipinski definition) is 7. The van der Waals surface area contributed by atoms with Crippen LogP contribution in [-0.4, -0.2) is 37.2 Å². The van der Waals surface area contributed by atoms with Gasteiger partial charge in [-0.3, -0.25) is 4.79 Å². The SMILES string of the molecule is CSc1nnc(CNC(=O)c2nonc2C)n1Cc1ccccc1. The Labute approximate surface area is 142 Å². The van der Waals surface area contributed by atoms with Gasteiger partial charge in [0.25, 0.3) is 5.91 Å². The maximum Gasteiger partial charge on any atom is 0.275 e. The standard InChI is InChI=1S/C15H16N6O2S/c1-10-13(20-23-19-10)14(22)16-8-12-17-18-15(24-2)21(12)9-11-6-4-3-5-7-11/h3-7H,8-9H2,1-2H3,(H,16,22). The number of nitrogens with one attached hydrogen (secondary N) is 1. The van der Waals surface area contributed by atoms with Gasteiger partial charge in [0.15, 0.2) is 16.7 Å². The van der Waals surface area contributed by atoms with Crippen molar-refractivity contribution in [1.29, 1.82) is 0 Å². The maximum atomic E-state index is 12.1. The lowest BCUT2D eigenvalue weighted by Crippen LogP contribution is -2.26. The van der Waals surface area contributed by atoms with Gasteiger partial charge in [-0.05, 0) is 23.9 Å². The van der Waals surface area contributed by atoms with Gasteiger partial charge in [0.1, 0.15) is 5.69 Å². The molecule has 0 fully saturated rings. The van der Waals surface area contributed by atoms with Crippen molar-refractivity contribution in [3.8, 4) is 0 Å². The molecule has 24 heavy (non-hydrogen) atoms. The highest BCUT2D eigenvalue weighted by Gasteiger charge is 2.17. The molecule has 3 aromatic rings. The van der Waals surface area contributed by atoms with Crippen LogP contribution < -0.4 is 5.32 Å². The lowest BCUT2D eigenvalue weighted by atomic mass is 10.2. The predicted octanol–water partition coefficient (Wildman–Crippen LogP) is 1.67. The van der Waals surface area contributed by atoms with Gasteiger partial charge in [-0.15, -0.1) is 10.2 Å². The van der Waals surface area contributed by atoms with Crippen LogP contribution in [0.4, 0.5) is 0 Å². The van der Waals surface area contributed by atoms with Crippen LogP contribution in [0.1, 0.15) is 27.6 Å². The third-order valence-corrected chi connectivity index (χ3v) is 4.10. The van der Waals surface area contributed by atoms with E-state index in [4.69, 9.17) is 0 Å². The van der Waals surface area contributed by atoms with Gasteiger partial charge < -0.3 is 9.88 Å². The second-order valence-electron chi connectivity index (χ2n) is 5.06. The van der Waals surface area contributed by atoms with E-state index in [9.17, 15) is 4.79 Å². The number of hydrogen-bond donors (Lipinski definition) is 1. The molecule has 124 valence electrons. The van der Waals surface area contributed by atoms with Crippen LogP contribution in [0.3, 0.4) is 0 Å². The third-order valence-electron chi connectivity index (χ3n) is 3.43. The zero-order valence-electron chi connectivity index (χ0n) is 13.3. The van der Waals surface area contributed by atoms with Crippen LogP contribution in [0.5, 0.6) is 0 Å². The first-order valence-electron chi connectivity index (χ1n) is 7.26. The van der Waals surface area contributed by atoms with Gasteiger partial charge in [0.2, 0.25) is 0 Å². The van der Waals surface area contributed by atoms with E-state index in [2.05, 4.69) is 30.5 Å². The molecule has 0 radical (unpaired) electrons. The fourth-order valence-corrected chi connectivity index (χ4v) is 2.72. The molecule has 1 amide bonds. The van der Waals surface area contributed by atoms with Gasteiger partial charge in [-0.1, -0.05) is 47.3 Å². The molecule has 0 atom stereocenters. The van der Waals surface area contributed by atoms with E-state index in [1.54, 1.807) is 6.92 Å². The van der Waals surface area contributed by atoms with E-state index in [1.165, 1.54) is 11.8 Å². The number of aromatic nitrogens is 5. The van der Waals surface area contributed by atoms with Gasteiger partial charge in [0.05, 0.1) is 13.1 Å². The van der Waals surface area contributed by atoms with Crippen molar-refractivity contribution < 1.29 is 9.42 Å². The first-order valence-corrected chi connectivity index (χ1v) is 8.49. The van der Waals surface area contributed by atoms with E-state index in [-0.39, 0.29) is 18.1 Å². The molecule has 0 spiro atoms. The Morgan fingerprint density at radius 2 is 2.04 bits per heavy atom. The molecule has 3 rings (SSSR count). The summed E-state index contributed by atoms with van der Waals surface area (Å²) >= 11 is 1.51. The molecule has 0 aliphatic carbocycles. The normalized spacial score (nSPS) is 10.8. The fraction of sp³-hybridized carbons (Fsp3) is 0.267. The molecule has 1 aromatic carbocycles. The smallest absolute Gasteiger partial charge is 0.275 e. The lowest BCUT2D eigenvalue weighted by Gasteiger charge is -2.10. The minimum atomic E-state index is -0.353. The molecule has 0 aliphatic heterocycles. The van der Waals surface area contributed by atoms with Crippen molar-refractivity contribution in [3.05, 3.63) is 53.1 Å². The monoisotopic (exact) mass is 344 g/mol. The third kappa shape index (κ3) is 3.46. The number of carbonyl (C=O) groups excluding carboxylic acids is 1. The fourth-order valence-electron chi connectivity index (χ4n) is 2.21. The predicted molar refractivity (Wildman–Crippen MR) is 87.6 cm³/mol. The van der Waals surface area contributed by atoms with Gasteiger partial charge >= 0.3 is 0 Å². The number of benzene rings is 1. The Morgan fingerprint density at radius 1 is 1.25 bits per heavy atom. The van der Waals surface area contributed by atoms with Crippen molar-refractivity contribution in [2.24, 2.45) is 0 Å². The van der Waals surface area contributed by atoms with Gasteiger partial charge in [-0.2, -0.15) is 0 Å². The Morgan fingerprint density at radius 3 is 2.71 bits per heavy atom. The second-order valence-corrected chi connectivity index (χ2v) is 5.83. The maximum absolute atomic E-state index is 12.1. The summed E-state index contributed by atoms with van der Waals surface area (Å²) in [4.78, 5) is 12.1. The van der Waals surface area contributed by atoms with Crippen molar-refractivity contribution in [2.75, 3.05) is 6.26 Å². The molecule has 0 saturated heterocycles. The molecular weight excluding hydrogens is 328 g/mol. The van der Waals surface area contributed by atoms with Crippen LogP contribution in [0.15, 0.2) is 40.1 Å². The number of nitrogens with zero attached hydrogens (tertiary/aromatic N) is 5. The minimum absolute atomic E-state index is 0.175. The summed E-state index contributed by atoms with van der Waals surface area (Å²) in [6.45, 7) is 2.54. The Balaban J connectivity index is 1.75. The van der Waals surface area contributed by atoms with E-state index in [0.717, 1.165) is 10.7 Å². The van der Waals surface area contributed by atoms with Crippen molar-refractivity contribution >= 4 is 17.7 Å². The molecule has 1 N–H and O–H groups in total. The van der Waals surface area contributed by atoms with Crippen LogP contribution in [0, 0.1) is 6.92 Å². The lowest BCUT2D eigenvalue weighted by molar-refractivity contribution is 0.0939. The topological polar surface area (TPSA) is 98.7 Å². The molecule has 0 bridgehead atoms. The number of rotatable bonds is 6. The first kappa shape index (κ1) is 16.2. The molecule has 2 heterocycles. The number of thioether (sulfide) groups is 1. The number of aryl methyl sites for hydroxylation is 1. The molecular formula is C15H16N6O2S. The zero-order valence-corrected chi connectivity index (χ0v) is 14.1. The van der Waals surface area contributed by atoms with Crippen LogP contribution >= 0.6 is 11.8 Å². The molecule has 8 nitrogen and oxygen atoms in total. The summed E-state index contributed by atoms with van der Waals surface area (Å²) in [6.07, 6.45) is 1.94. The highest BCUT2D eigenvalue weighted by molar-refractivity contribution is 7.98. The van der Waals surface area contributed by atoms with E-state index < -0.39 is 0 Å². The molecule has 0 aliphatic rings. The van der Waals surface area contributed by atoms with Gasteiger partial charge in [-0.25, -0.2) is 4.63 Å². The summed E-state index contributed by atoms with van der Waals surface area (Å²) in [5.41, 5.74) is 1.76. The molecule has 0 unspecified atom stereocenters. The van der Waals surface area contributed by atoms with Crippen LogP contribution in [0.25, 0.3) is 0 Å². The average molecular weight is 344 g/mol. The Bertz CT molecular complexity index is 830. The summed E-state index contributed by atoms with van der Waals surface area (Å²) < 4.78 is 6.53. The number of amides is 1. The Kier molecular flexibility index (Phi) is 4.90. The minimum Gasteiger partial charge on any atom is -0.343 e. The summed E-state index contributed by atoms with van der Waals surface area (Å²) in [6, 6.07) is 10.0. The first-order chi connectivity index (χ1) is 11.7. The largest absolute Gasteiger partial charge is 0.343 e. The van der Waals surface area contributed by atoms with Gasteiger partial charge in [0, 0.05) is 0 Å². The summed E-state index contributed by atoms with van der Waals surface area (Å²) in [7, 11) is 0. The quantitative estimate of drug-likeness (QED) is 0.679. The average Bonchev–Trinajstić information content (AvgIpc) is 3.20. The van der Waals surface area contributed by atoms with E-state index >= 15 is 0 Å². The second kappa shape index (κ2) is 7.26.